The fourth-order valence-corrected chi connectivity index (χ4v) is 8.03. The van der Waals surface area contributed by atoms with E-state index >= 15 is 0 Å². The Hall–Kier alpha value is -2.26. The van der Waals surface area contributed by atoms with Crippen molar-refractivity contribution in [1.82, 2.24) is 25.0 Å². The van der Waals surface area contributed by atoms with Gasteiger partial charge in [0.05, 0.1) is 13.2 Å². The largest absolute Gasteiger partial charge is 0.465 e. The number of fused-ring (bicyclic) bond motifs is 2. The molecule has 0 spiro atoms. The van der Waals surface area contributed by atoms with Gasteiger partial charge in [-0.2, -0.15) is 0 Å². The summed E-state index contributed by atoms with van der Waals surface area (Å²) >= 11 is 1.45. The Morgan fingerprint density at radius 3 is 2.42 bits per heavy atom. The van der Waals surface area contributed by atoms with Crippen molar-refractivity contribution in [3.05, 3.63) is 33.5 Å². The third-order valence-corrected chi connectivity index (χ3v) is 10.1. The molecule has 1 aliphatic carbocycles. The maximum absolute atomic E-state index is 13.2. The molecule has 2 bridgehead atoms. The summed E-state index contributed by atoms with van der Waals surface area (Å²) in [6.45, 7) is 7.42. The van der Waals surface area contributed by atoms with E-state index in [1.54, 1.807) is 0 Å². The average molecular weight is 542 g/mol. The van der Waals surface area contributed by atoms with E-state index in [-0.39, 0.29) is 23.8 Å². The summed E-state index contributed by atoms with van der Waals surface area (Å²) in [5.41, 5.74) is 0. The molecular weight excluding hydrogens is 498 g/mol. The summed E-state index contributed by atoms with van der Waals surface area (Å²) < 4.78 is 7.34. The molecule has 9 heteroatoms. The molecule has 1 saturated carbocycles. The molecule has 5 rings (SSSR count). The Kier molecular flexibility index (Phi) is 8.53. The molecule has 38 heavy (non-hydrogen) atoms. The van der Waals surface area contributed by atoms with Crippen LogP contribution < -0.4 is 5.32 Å². The molecule has 2 aliphatic heterocycles. The van der Waals surface area contributed by atoms with Crippen molar-refractivity contribution in [3.8, 4) is 0 Å². The standard InChI is InChI=1S/C29H43N5O3S/c1-18(2)27-32-31-19(3)34(27)23-16-21-10-11-22(17-23)33(21)15-14-24(25-12-13-26(38-25)29(36)37-4)30-28(35)20-8-6-5-7-9-20/h12-13,18,20-24H,5-11,14-17H2,1-4H3,(H,30,35)/t21-,22-,24-/m0/s1. The van der Waals surface area contributed by atoms with E-state index in [4.69, 9.17) is 4.74 Å². The second-order valence-electron chi connectivity index (χ2n) is 11.8. The van der Waals surface area contributed by atoms with Gasteiger partial charge >= 0.3 is 5.97 Å². The number of carbonyl (C=O) groups excluding carboxylic acids is 2. The van der Waals surface area contributed by atoms with Gasteiger partial charge in [-0.05, 0) is 64.0 Å². The molecule has 2 saturated heterocycles. The van der Waals surface area contributed by atoms with Crippen molar-refractivity contribution in [3.63, 3.8) is 0 Å². The number of hydrogen-bond acceptors (Lipinski definition) is 7. The average Bonchev–Trinajstić information content (AvgIpc) is 3.62. The van der Waals surface area contributed by atoms with Crippen molar-refractivity contribution in [2.45, 2.75) is 115 Å². The number of aromatic nitrogens is 3. The van der Waals surface area contributed by atoms with Gasteiger partial charge < -0.3 is 14.6 Å². The third kappa shape index (κ3) is 5.69. The number of rotatable bonds is 9. The molecule has 0 radical (unpaired) electrons. The molecule has 208 valence electrons. The first-order valence-electron chi connectivity index (χ1n) is 14.5. The van der Waals surface area contributed by atoms with Crippen LogP contribution >= 0.6 is 11.3 Å². The van der Waals surface area contributed by atoms with Gasteiger partial charge in [0.2, 0.25) is 5.91 Å². The maximum Gasteiger partial charge on any atom is 0.348 e. The number of piperidine rings is 1. The number of nitrogens with zero attached hydrogens (tertiary/aromatic N) is 4. The van der Waals surface area contributed by atoms with E-state index in [0.29, 0.717) is 28.9 Å². The second kappa shape index (κ2) is 11.9. The topological polar surface area (TPSA) is 89.3 Å². The summed E-state index contributed by atoms with van der Waals surface area (Å²) in [4.78, 5) is 29.7. The molecule has 1 N–H and O–H groups in total. The van der Waals surface area contributed by atoms with Crippen LogP contribution in [0, 0.1) is 12.8 Å². The highest BCUT2D eigenvalue weighted by molar-refractivity contribution is 7.14. The zero-order valence-corrected chi connectivity index (χ0v) is 24.1. The number of aryl methyl sites for hydroxylation is 1. The monoisotopic (exact) mass is 541 g/mol. The molecule has 0 unspecified atom stereocenters. The first-order valence-corrected chi connectivity index (χ1v) is 15.3. The molecule has 3 fully saturated rings. The van der Waals surface area contributed by atoms with Crippen LogP contribution in [0.3, 0.4) is 0 Å². The Bertz CT molecular complexity index is 1110. The highest BCUT2D eigenvalue weighted by Crippen LogP contribution is 2.42. The second-order valence-corrected chi connectivity index (χ2v) is 12.9. The van der Waals surface area contributed by atoms with E-state index in [0.717, 1.165) is 68.0 Å². The number of hydrogen-bond donors (Lipinski definition) is 1. The van der Waals surface area contributed by atoms with E-state index < -0.39 is 0 Å². The minimum atomic E-state index is -0.316. The van der Waals surface area contributed by atoms with Crippen LogP contribution in [0.4, 0.5) is 0 Å². The molecule has 1 amide bonds. The molecule has 0 aromatic carbocycles. The number of esters is 1. The lowest BCUT2D eigenvalue weighted by Crippen LogP contribution is -2.45. The van der Waals surface area contributed by atoms with Crippen molar-refractivity contribution in [2.75, 3.05) is 13.7 Å². The van der Waals surface area contributed by atoms with Crippen molar-refractivity contribution < 1.29 is 14.3 Å². The predicted octanol–water partition coefficient (Wildman–Crippen LogP) is 5.55. The van der Waals surface area contributed by atoms with Crippen LogP contribution in [0.15, 0.2) is 12.1 Å². The number of thiophene rings is 1. The Labute approximate surface area is 230 Å². The number of amides is 1. The minimum absolute atomic E-state index is 0.0856. The van der Waals surface area contributed by atoms with Crippen molar-refractivity contribution in [1.29, 1.82) is 0 Å². The van der Waals surface area contributed by atoms with Crippen LogP contribution in [-0.4, -0.2) is 57.3 Å². The van der Waals surface area contributed by atoms with Gasteiger partial charge in [0.25, 0.3) is 0 Å². The Morgan fingerprint density at radius 1 is 1.05 bits per heavy atom. The molecular formula is C29H43N5O3S. The van der Waals surface area contributed by atoms with Crippen molar-refractivity contribution in [2.24, 2.45) is 5.92 Å². The van der Waals surface area contributed by atoms with Crippen molar-refractivity contribution >= 4 is 23.2 Å². The quantitative estimate of drug-likeness (QED) is 0.419. The summed E-state index contributed by atoms with van der Waals surface area (Å²) in [5, 5.41) is 12.3. The molecule has 2 aromatic heterocycles. The van der Waals surface area contributed by atoms with Gasteiger partial charge in [0.15, 0.2) is 0 Å². The van der Waals surface area contributed by atoms with E-state index in [9.17, 15) is 9.59 Å². The number of ether oxygens (including phenoxy) is 1. The fraction of sp³-hybridized carbons (Fsp3) is 0.724. The Balaban J connectivity index is 1.28. The molecule has 3 aliphatic rings. The van der Waals surface area contributed by atoms with Gasteiger partial charge in [-0.1, -0.05) is 33.1 Å². The molecule has 4 heterocycles. The zero-order chi connectivity index (χ0) is 26.8. The maximum atomic E-state index is 13.2. The smallest absolute Gasteiger partial charge is 0.348 e. The highest BCUT2D eigenvalue weighted by atomic mass is 32.1. The van der Waals surface area contributed by atoms with E-state index in [2.05, 4.69) is 45.8 Å². The molecule has 8 nitrogen and oxygen atoms in total. The SMILES string of the molecule is COC(=O)c1ccc([C@H](CCN2[C@H]3CC[C@H]2CC(n2c(C)nnc2C(C)C)C3)NC(=O)C2CCCCC2)s1. The number of carbonyl (C=O) groups is 2. The van der Waals surface area contributed by atoms with E-state index in [1.165, 1.54) is 37.7 Å². The zero-order valence-electron chi connectivity index (χ0n) is 23.3. The van der Waals surface area contributed by atoms with Gasteiger partial charge in [0, 0.05) is 41.4 Å². The number of nitrogens with one attached hydrogen (secondary N) is 1. The first-order chi connectivity index (χ1) is 18.4. The van der Waals surface area contributed by atoms with Crippen LogP contribution in [0.1, 0.15) is 122 Å². The van der Waals surface area contributed by atoms with Crippen LogP contribution in [0.2, 0.25) is 0 Å². The fourth-order valence-electron chi connectivity index (χ4n) is 7.02. The summed E-state index contributed by atoms with van der Waals surface area (Å²) in [7, 11) is 1.41. The third-order valence-electron chi connectivity index (χ3n) is 8.96. The van der Waals surface area contributed by atoms with Gasteiger partial charge in [-0.3, -0.25) is 9.69 Å². The lowest BCUT2D eigenvalue weighted by molar-refractivity contribution is -0.126. The van der Waals surface area contributed by atoms with Crippen LogP contribution in [0.5, 0.6) is 0 Å². The van der Waals surface area contributed by atoms with Crippen LogP contribution in [0.25, 0.3) is 0 Å². The first kappa shape index (κ1) is 27.3. The normalized spacial score (nSPS) is 25.0. The predicted molar refractivity (Wildman–Crippen MR) is 148 cm³/mol. The van der Waals surface area contributed by atoms with Gasteiger partial charge in [-0.15, -0.1) is 21.5 Å². The number of methoxy groups -OCH3 is 1. The molecule has 2 aromatic rings. The lowest BCUT2D eigenvalue weighted by atomic mass is 9.88. The molecule has 3 atom stereocenters. The van der Waals surface area contributed by atoms with Crippen LogP contribution in [-0.2, 0) is 9.53 Å². The highest BCUT2D eigenvalue weighted by Gasteiger charge is 2.42. The van der Waals surface area contributed by atoms with Gasteiger partial charge in [-0.25, -0.2) is 4.79 Å². The lowest BCUT2D eigenvalue weighted by Gasteiger charge is -2.40. The Morgan fingerprint density at radius 2 is 1.76 bits per heavy atom. The van der Waals surface area contributed by atoms with E-state index in [1.807, 2.05) is 12.1 Å². The summed E-state index contributed by atoms with van der Waals surface area (Å²) in [6, 6.07) is 5.28. The summed E-state index contributed by atoms with van der Waals surface area (Å²) in [5.74, 6) is 2.46. The summed E-state index contributed by atoms with van der Waals surface area (Å²) in [6.07, 6.45) is 11.0. The van der Waals surface area contributed by atoms with Gasteiger partial charge in [0.1, 0.15) is 16.5 Å². The minimum Gasteiger partial charge on any atom is -0.465 e.